The second kappa shape index (κ2) is 5.43. The molecule has 0 saturated heterocycles. The lowest BCUT2D eigenvalue weighted by Crippen LogP contribution is -2.23. The molecular weight excluding hydrogens is 244 g/mol. The zero-order valence-corrected chi connectivity index (χ0v) is 10.5. The van der Waals surface area contributed by atoms with E-state index in [2.05, 4.69) is 33.7 Å². The first-order valence-corrected chi connectivity index (χ1v) is 6.32. The van der Waals surface area contributed by atoms with Gasteiger partial charge in [-0.3, -0.25) is 0 Å². The van der Waals surface area contributed by atoms with Crippen LogP contribution in [0.1, 0.15) is 23.5 Å². The van der Waals surface area contributed by atoms with Gasteiger partial charge < -0.3 is 5.32 Å². The van der Waals surface area contributed by atoms with Gasteiger partial charge in [0, 0.05) is 11.3 Å². The van der Waals surface area contributed by atoms with Crippen molar-refractivity contribution in [1.82, 2.24) is 20.7 Å². The first-order valence-electron chi connectivity index (χ1n) is 5.13. The minimum absolute atomic E-state index is 0.193. The lowest BCUT2D eigenvalue weighted by Gasteiger charge is -2.13. The Balaban J connectivity index is 2.09. The molecule has 0 bridgehead atoms. The van der Waals surface area contributed by atoms with E-state index in [0.717, 1.165) is 23.0 Å². The van der Waals surface area contributed by atoms with Crippen molar-refractivity contribution >= 4 is 22.9 Å². The Morgan fingerprint density at radius 3 is 3.00 bits per heavy atom. The molecule has 86 valence electrons. The van der Waals surface area contributed by atoms with Crippen molar-refractivity contribution in [2.24, 2.45) is 0 Å². The van der Waals surface area contributed by atoms with Gasteiger partial charge in [-0.05, 0) is 18.7 Å². The monoisotopic (exact) mass is 256 g/mol. The molecule has 0 aliphatic heterocycles. The molecule has 0 aliphatic carbocycles. The molecule has 0 radical (unpaired) electrons. The smallest absolute Gasteiger partial charge is 0.0997 e. The van der Waals surface area contributed by atoms with E-state index in [1.54, 1.807) is 17.5 Å². The van der Waals surface area contributed by atoms with Gasteiger partial charge >= 0.3 is 0 Å². The van der Waals surface area contributed by atoms with Gasteiger partial charge in [-0.2, -0.15) is 15.4 Å². The van der Waals surface area contributed by atoms with E-state index in [0.29, 0.717) is 0 Å². The van der Waals surface area contributed by atoms with Gasteiger partial charge in [0.2, 0.25) is 0 Å². The number of hydrogen-bond acceptors (Lipinski definition) is 4. The first-order chi connectivity index (χ1) is 7.79. The van der Waals surface area contributed by atoms with Crippen LogP contribution in [0.2, 0.25) is 4.34 Å². The Morgan fingerprint density at radius 1 is 1.56 bits per heavy atom. The molecule has 0 fully saturated rings. The third kappa shape index (κ3) is 2.81. The number of nitrogens with one attached hydrogen (secondary N) is 2. The summed E-state index contributed by atoms with van der Waals surface area (Å²) in [4.78, 5) is 1.25. The Morgan fingerprint density at radius 2 is 2.44 bits per heavy atom. The number of aromatic amines is 1. The Labute approximate surface area is 103 Å². The molecular formula is C10H13ClN4S. The van der Waals surface area contributed by atoms with Crippen LogP contribution in [0.4, 0.5) is 0 Å². The summed E-state index contributed by atoms with van der Waals surface area (Å²) in [7, 11) is 0. The van der Waals surface area contributed by atoms with Crippen LogP contribution in [-0.2, 0) is 6.42 Å². The Hall–Kier alpha value is -0.910. The van der Waals surface area contributed by atoms with Crippen LogP contribution in [0.15, 0.2) is 18.3 Å². The highest BCUT2D eigenvalue weighted by atomic mass is 35.5. The molecule has 16 heavy (non-hydrogen) atoms. The van der Waals surface area contributed by atoms with E-state index in [4.69, 9.17) is 11.6 Å². The van der Waals surface area contributed by atoms with Crippen LogP contribution in [0.3, 0.4) is 0 Å². The van der Waals surface area contributed by atoms with Crippen molar-refractivity contribution in [3.63, 3.8) is 0 Å². The second-order valence-corrected chi connectivity index (χ2v) is 5.21. The van der Waals surface area contributed by atoms with Crippen molar-refractivity contribution < 1.29 is 0 Å². The summed E-state index contributed by atoms with van der Waals surface area (Å²) >= 11 is 7.52. The molecule has 2 aromatic rings. The highest BCUT2D eigenvalue weighted by Crippen LogP contribution is 2.25. The first kappa shape index (κ1) is 11.6. The molecule has 2 rings (SSSR count). The van der Waals surface area contributed by atoms with Gasteiger partial charge in [-0.1, -0.05) is 18.5 Å². The van der Waals surface area contributed by atoms with E-state index in [-0.39, 0.29) is 6.04 Å². The average molecular weight is 257 g/mol. The molecule has 0 saturated carbocycles. The standard InChI is InChI=1S/C10H13ClN4S/c1-2-12-8(9-6-13-15-14-9)5-7-3-4-10(11)16-7/h3-4,6,8,12H,2,5H2,1H3,(H,13,14,15). The number of likely N-dealkylation sites (N-methyl/N-ethyl adjacent to an activating group) is 1. The zero-order chi connectivity index (χ0) is 11.4. The molecule has 0 aliphatic rings. The molecule has 0 aromatic carbocycles. The Bertz CT molecular complexity index is 426. The minimum Gasteiger partial charge on any atom is -0.308 e. The number of nitrogens with zero attached hydrogens (tertiary/aromatic N) is 2. The van der Waals surface area contributed by atoms with Gasteiger partial charge in [0.15, 0.2) is 0 Å². The second-order valence-electron chi connectivity index (χ2n) is 3.42. The predicted molar refractivity (Wildman–Crippen MR) is 65.8 cm³/mol. The number of rotatable bonds is 5. The maximum atomic E-state index is 5.91. The molecule has 2 aromatic heterocycles. The molecule has 0 spiro atoms. The number of hydrogen-bond donors (Lipinski definition) is 2. The molecule has 1 atom stereocenters. The van der Waals surface area contributed by atoms with Crippen LogP contribution in [0.25, 0.3) is 0 Å². The van der Waals surface area contributed by atoms with E-state index < -0.39 is 0 Å². The van der Waals surface area contributed by atoms with Crippen molar-refractivity contribution in [3.8, 4) is 0 Å². The number of thiophene rings is 1. The van der Waals surface area contributed by atoms with Gasteiger partial charge in [-0.25, -0.2) is 0 Å². The maximum absolute atomic E-state index is 5.91. The summed E-state index contributed by atoms with van der Waals surface area (Å²) in [5.41, 5.74) is 0.936. The normalized spacial score (nSPS) is 12.9. The number of halogens is 1. The average Bonchev–Trinajstić information content (AvgIpc) is 2.88. The quantitative estimate of drug-likeness (QED) is 0.864. The van der Waals surface area contributed by atoms with Crippen molar-refractivity contribution in [3.05, 3.63) is 33.2 Å². The van der Waals surface area contributed by atoms with Gasteiger partial charge in [0.25, 0.3) is 0 Å². The summed E-state index contributed by atoms with van der Waals surface area (Å²) in [6.45, 7) is 2.98. The topological polar surface area (TPSA) is 53.6 Å². The van der Waals surface area contributed by atoms with Gasteiger partial charge in [0.1, 0.15) is 0 Å². The van der Waals surface area contributed by atoms with Crippen molar-refractivity contribution in [2.75, 3.05) is 6.54 Å². The van der Waals surface area contributed by atoms with Crippen LogP contribution in [0.5, 0.6) is 0 Å². The molecule has 1 unspecified atom stereocenters. The SMILES string of the molecule is CCNC(Cc1ccc(Cl)s1)c1cn[nH]n1. The maximum Gasteiger partial charge on any atom is 0.0997 e. The summed E-state index contributed by atoms with van der Waals surface area (Å²) in [5, 5.41) is 14.0. The third-order valence-corrected chi connectivity index (χ3v) is 3.53. The van der Waals surface area contributed by atoms with Crippen LogP contribution in [0, 0.1) is 0 Å². The fourth-order valence-corrected chi connectivity index (χ4v) is 2.70. The lowest BCUT2D eigenvalue weighted by atomic mass is 10.1. The van der Waals surface area contributed by atoms with E-state index >= 15 is 0 Å². The largest absolute Gasteiger partial charge is 0.308 e. The van der Waals surface area contributed by atoms with Gasteiger partial charge in [-0.15, -0.1) is 11.3 Å². The van der Waals surface area contributed by atoms with E-state index in [9.17, 15) is 0 Å². The minimum atomic E-state index is 0.193. The lowest BCUT2D eigenvalue weighted by molar-refractivity contribution is 0.539. The predicted octanol–water partition coefficient (Wildman–Crippen LogP) is 2.41. The highest BCUT2D eigenvalue weighted by Gasteiger charge is 2.14. The fourth-order valence-electron chi connectivity index (χ4n) is 1.57. The van der Waals surface area contributed by atoms with Crippen LogP contribution < -0.4 is 5.32 Å². The van der Waals surface area contributed by atoms with E-state index in [1.165, 1.54) is 4.88 Å². The van der Waals surface area contributed by atoms with Crippen LogP contribution >= 0.6 is 22.9 Å². The van der Waals surface area contributed by atoms with Crippen molar-refractivity contribution in [1.29, 1.82) is 0 Å². The Kier molecular flexibility index (Phi) is 3.93. The summed E-state index contributed by atoms with van der Waals surface area (Å²) in [5.74, 6) is 0. The number of aromatic nitrogens is 3. The van der Waals surface area contributed by atoms with E-state index in [1.807, 2.05) is 6.07 Å². The molecule has 2 heterocycles. The molecule has 4 nitrogen and oxygen atoms in total. The van der Waals surface area contributed by atoms with Crippen LogP contribution in [-0.4, -0.2) is 22.0 Å². The highest BCUT2D eigenvalue weighted by molar-refractivity contribution is 7.16. The number of H-pyrrole nitrogens is 1. The summed E-state index contributed by atoms with van der Waals surface area (Å²) < 4.78 is 0.824. The third-order valence-electron chi connectivity index (χ3n) is 2.28. The van der Waals surface area contributed by atoms with Gasteiger partial charge in [0.05, 0.1) is 22.3 Å². The van der Waals surface area contributed by atoms with Crippen molar-refractivity contribution in [2.45, 2.75) is 19.4 Å². The molecule has 0 amide bonds. The summed E-state index contributed by atoms with van der Waals surface area (Å²) in [6.07, 6.45) is 2.64. The molecule has 6 heteroatoms. The summed E-state index contributed by atoms with van der Waals surface area (Å²) in [6, 6.07) is 4.17. The zero-order valence-electron chi connectivity index (χ0n) is 8.90. The fraction of sp³-hybridized carbons (Fsp3) is 0.400. The molecule has 2 N–H and O–H groups in total.